The Labute approximate surface area is 136 Å². The summed E-state index contributed by atoms with van der Waals surface area (Å²) in [5.74, 6) is 1.09. The Bertz CT molecular complexity index is 578. The second kappa shape index (κ2) is 7.36. The smallest absolute Gasteiger partial charge is 0.0959 e. The maximum atomic E-state index is 9.74. The first-order valence-corrected chi connectivity index (χ1v) is 8.92. The normalized spacial score (nSPS) is 17.4. The number of hydrogen-bond acceptors (Lipinski definition) is 4. The average Bonchev–Trinajstić information content (AvgIpc) is 3.26. The monoisotopic (exact) mass is 316 g/mol. The molecule has 4 heteroatoms. The molecule has 0 spiro atoms. The van der Waals surface area contributed by atoms with E-state index in [0.717, 1.165) is 25.4 Å². The van der Waals surface area contributed by atoms with E-state index in [1.165, 1.54) is 28.3 Å². The summed E-state index contributed by atoms with van der Waals surface area (Å²) in [5.41, 5.74) is 1.29. The Morgan fingerprint density at radius 1 is 1.32 bits per heavy atom. The molecule has 1 saturated carbocycles. The number of thiazole rings is 1. The summed E-state index contributed by atoms with van der Waals surface area (Å²) in [6.07, 6.45) is 5.14. The minimum Gasteiger partial charge on any atom is -0.393 e. The van der Waals surface area contributed by atoms with Crippen molar-refractivity contribution < 1.29 is 5.11 Å². The van der Waals surface area contributed by atoms with Crippen LogP contribution in [0.1, 0.15) is 53.5 Å². The number of nitrogens with one attached hydrogen (secondary N) is 1. The molecule has 1 aromatic carbocycles. The van der Waals surface area contributed by atoms with E-state index in [1.54, 1.807) is 0 Å². The molecule has 3 nitrogen and oxygen atoms in total. The predicted molar refractivity (Wildman–Crippen MR) is 91.3 cm³/mol. The van der Waals surface area contributed by atoms with E-state index in [4.69, 9.17) is 0 Å². The van der Waals surface area contributed by atoms with E-state index in [2.05, 4.69) is 34.6 Å². The molecule has 118 valence electrons. The van der Waals surface area contributed by atoms with Crippen molar-refractivity contribution in [2.75, 3.05) is 6.54 Å². The third-order valence-electron chi connectivity index (χ3n) is 4.08. The highest BCUT2D eigenvalue weighted by Crippen LogP contribution is 2.41. The molecule has 2 N–H and O–H groups in total. The molecule has 0 aliphatic heterocycles. The molecule has 1 fully saturated rings. The molecule has 2 atom stereocenters. The van der Waals surface area contributed by atoms with Crippen molar-refractivity contribution in [3.8, 4) is 0 Å². The first kappa shape index (κ1) is 15.7. The van der Waals surface area contributed by atoms with Gasteiger partial charge in [-0.3, -0.25) is 0 Å². The van der Waals surface area contributed by atoms with Crippen LogP contribution in [0.4, 0.5) is 0 Å². The van der Waals surface area contributed by atoms with Gasteiger partial charge in [0.25, 0.3) is 0 Å². The molecule has 2 aromatic rings. The summed E-state index contributed by atoms with van der Waals surface area (Å²) in [6, 6.07) is 10.5. The maximum absolute atomic E-state index is 9.74. The largest absolute Gasteiger partial charge is 0.393 e. The lowest BCUT2D eigenvalue weighted by molar-refractivity contribution is 0.173. The first-order chi connectivity index (χ1) is 10.7. The van der Waals surface area contributed by atoms with Gasteiger partial charge >= 0.3 is 0 Å². The van der Waals surface area contributed by atoms with Crippen LogP contribution in [-0.2, 0) is 6.54 Å². The zero-order valence-electron chi connectivity index (χ0n) is 13.0. The van der Waals surface area contributed by atoms with Crippen molar-refractivity contribution in [1.82, 2.24) is 10.3 Å². The zero-order chi connectivity index (χ0) is 15.4. The summed E-state index contributed by atoms with van der Waals surface area (Å²) in [6.45, 7) is 3.61. The lowest BCUT2D eigenvalue weighted by Crippen LogP contribution is -2.23. The summed E-state index contributed by atoms with van der Waals surface area (Å²) >= 11 is 1.84. The molecule has 0 radical (unpaired) electrons. The second-order valence-electron chi connectivity index (χ2n) is 6.26. The third kappa shape index (κ3) is 4.38. The second-order valence-corrected chi connectivity index (χ2v) is 7.41. The number of aliphatic hydroxyl groups is 1. The molecule has 3 rings (SSSR count). The lowest BCUT2D eigenvalue weighted by Gasteiger charge is -2.19. The van der Waals surface area contributed by atoms with Crippen LogP contribution in [-0.4, -0.2) is 22.7 Å². The van der Waals surface area contributed by atoms with Gasteiger partial charge in [0, 0.05) is 30.1 Å². The molecular formula is C18H24N2OS. The fourth-order valence-corrected chi connectivity index (χ4v) is 3.82. The predicted octanol–water partition coefficient (Wildman–Crippen LogP) is 3.66. The first-order valence-electron chi connectivity index (χ1n) is 8.10. The molecule has 1 aromatic heterocycles. The fourth-order valence-electron chi connectivity index (χ4n) is 2.77. The van der Waals surface area contributed by atoms with E-state index >= 15 is 0 Å². The number of nitrogens with zero attached hydrogens (tertiary/aromatic N) is 1. The number of benzene rings is 1. The van der Waals surface area contributed by atoms with Gasteiger partial charge in [-0.15, -0.1) is 11.3 Å². The quantitative estimate of drug-likeness (QED) is 0.781. The van der Waals surface area contributed by atoms with E-state index < -0.39 is 0 Å². The minimum atomic E-state index is -0.281. The Kier molecular flexibility index (Phi) is 5.24. The minimum absolute atomic E-state index is 0.281. The lowest BCUT2D eigenvalue weighted by atomic mass is 9.93. The number of aliphatic hydroxyl groups excluding tert-OH is 1. The number of aromatic nitrogens is 1. The highest BCUT2D eigenvalue weighted by Gasteiger charge is 2.26. The summed E-state index contributed by atoms with van der Waals surface area (Å²) in [7, 11) is 0. The molecule has 0 bridgehead atoms. The molecule has 1 heterocycles. The molecule has 0 saturated heterocycles. The van der Waals surface area contributed by atoms with Gasteiger partial charge in [0.15, 0.2) is 0 Å². The zero-order valence-corrected chi connectivity index (χ0v) is 13.9. The van der Waals surface area contributed by atoms with Crippen LogP contribution in [0.25, 0.3) is 0 Å². The highest BCUT2D eigenvalue weighted by molar-refractivity contribution is 7.11. The highest BCUT2D eigenvalue weighted by atomic mass is 32.1. The molecular weight excluding hydrogens is 292 g/mol. The molecule has 1 aliphatic rings. The Balaban J connectivity index is 1.54. The fraction of sp³-hybridized carbons (Fsp3) is 0.500. The van der Waals surface area contributed by atoms with Crippen molar-refractivity contribution in [3.05, 3.63) is 52.0 Å². The van der Waals surface area contributed by atoms with Crippen LogP contribution in [0.3, 0.4) is 0 Å². The molecule has 2 unspecified atom stereocenters. The topological polar surface area (TPSA) is 45.1 Å². The Morgan fingerprint density at radius 3 is 2.77 bits per heavy atom. The summed E-state index contributed by atoms with van der Waals surface area (Å²) in [4.78, 5) is 5.83. The SMILES string of the molecule is CC(O)CC(CNCc1cnc(C2CC2)s1)c1ccccc1. The molecule has 22 heavy (non-hydrogen) atoms. The van der Waals surface area contributed by atoms with Crippen molar-refractivity contribution in [1.29, 1.82) is 0 Å². The van der Waals surface area contributed by atoms with E-state index in [9.17, 15) is 5.11 Å². The van der Waals surface area contributed by atoms with Crippen molar-refractivity contribution in [3.63, 3.8) is 0 Å². The summed E-state index contributed by atoms with van der Waals surface area (Å²) < 4.78 is 0. The third-order valence-corrected chi connectivity index (χ3v) is 5.24. The van der Waals surface area contributed by atoms with Gasteiger partial charge in [0.1, 0.15) is 0 Å². The van der Waals surface area contributed by atoms with Crippen molar-refractivity contribution >= 4 is 11.3 Å². The van der Waals surface area contributed by atoms with Crippen LogP contribution < -0.4 is 5.32 Å². The van der Waals surface area contributed by atoms with Crippen molar-refractivity contribution in [2.24, 2.45) is 0 Å². The average molecular weight is 316 g/mol. The van der Waals surface area contributed by atoms with Crippen LogP contribution >= 0.6 is 11.3 Å². The van der Waals surface area contributed by atoms with Gasteiger partial charge in [-0.1, -0.05) is 30.3 Å². The van der Waals surface area contributed by atoms with Crippen molar-refractivity contribution in [2.45, 2.75) is 50.7 Å². The van der Waals surface area contributed by atoms with Crippen LogP contribution in [0.2, 0.25) is 0 Å². The molecule has 0 amide bonds. The Hall–Kier alpha value is -1.23. The Morgan fingerprint density at radius 2 is 2.09 bits per heavy atom. The van der Waals surface area contributed by atoms with Gasteiger partial charge in [0.2, 0.25) is 0 Å². The van der Waals surface area contributed by atoms with Gasteiger partial charge < -0.3 is 10.4 Å². The van der Waals surface area contributed by atoms with Gasteiger partial charge in [0.05, 0.1) is 11.1 Å². The van der Waals surface area contributed by atoms with E-state index in [0.29, 0.717) is 5.92 Å². The number of hydrogen-bond donors (Lipinski definition) is 2. The van der Waals surface area contributed by atoms with E-state index in [-0.39, 0.29) is 6.10 Å². The van der Waals surface area contributed by atoms with Gasteiger partial charge in [-0.05, 0) is 37.7 Å². The van der Waals surface area contributed by atoms with Crippen LogP contribution in [0.15, 0.2) is 36.5 Å². The van der Waals surface area contributed by atoms with Crippen LogP contribution in [0.5, 0.6) is 0 Å². The summed E-state index contributed by atoms with van der Waals surface area (Å²) in [5, 5.41) is 14.6. The maximum Gasteiger partial charge on any atom is 0.0959 e. The molecule has 1 aliphatic carbocycles. The standard InChI is InChI=1S/C18H24N2OS/c1-13(21)9-16(14-5-3-2-4-6-14)10-19-11-17-12-20-18(22-17)15-7-8-15/h2-6,12-13,15-16,19,21H,7-11H2,1H3. The van der Waals surface area contributed by atoms with Crippen LogP contribution in [0, 0.1) is 0 Å². The van der Waals surface area contributed by atoms with Gasteiger partial charge in [-0.25, -0.2) is 4.98 Å². The van der Waals surface area contributed by atoms with E-state index in [1.807, 2.05) is 30.5 Å². The number of rotatable bonds is 8. The van der Waals surface area contributed by atoms with Gasteiger partial charge in [-0.2, -0.15) is 0 Å².